The van der Waals surface area contributed by atoms with Crippen LogP contribution in [0.2, 0.25) is 0 Å². The zero-order valence-electron chi connectivity index (χ0n) is 18.0. The molecule has 0 aromatic heterocycles. The molecule has 0 bridgehead atoms. The number of benzene rings is 3. The third kappa shape index (κ3) is 6.21. The molecule has 3 aromatic carbocycles. The number of thioether (sulfide) groups is 2. The van der Waals surface area contributed by atoms with E-state index in [-0.39, 0.29) is 17.6 Å². The van der Waals surface area contributed by atoms with E-state index in [1.54, 1.807) is 56.3 Å². The summed E-state index contributed by atoms with van der Waals surface area (Å²) in [4.78, 5) is 27.1. The Kier molecular flexibility index (Phi) is 8.47. The fourth-order valence-electron chi connectivity index (χ4n) is 2.93. The number of rotatable bonds is 9. The third-order valence-corrected chi connectivity index (χ3v) is 6.28. The first-order chi connectivity index (χ1) is 15.5. The maximum atomic E-state index is 12.8. The lowest BCUT2D eigenvalue weighted by Gasteiger charge is -2.12. The molecule has 0 aliphatic rings. The van der Waals surface area contributed by atoms with Crippen LogP contribution in [0.25, 0.3) is 0 Å². The van der Waals surface area contributed by atoms with E-state index in [0.29, 0.717) is 22.7 Å². The summed E-state index contributed by atoms with van der Waals surface area (Å²) < 4.78 is 10.5. The average molecular weight is 469 g/mol. The molecule has 0 saturated carbocycles. The molecule has 0 atom stereocenters. The molecule has 166 valence electrons. The minimum absolute atomic E-state index is 0.153. The normalized spacial score (nSPS) is 10.3. The van der Waals surface area contributed by atoms with Gasteiger partial charge < -0.3 is 20.1 Å². The van der Waals surface area contributed by atoms with Crippen molar-refractivity contribution in [3.63, 3.8) is 0 Å². The number of carbonyl (C=O) groups is 2. The molecule has 3 aromatic rings. The number of nitrogens with one attached hydrogen (secondary N) is 2. The van der Waals surface area contributed by atoms with Gasteiger partial charge in [-0.1, -0.05) is 18.2 Å². The minimum Gasteiger partial charge on any atom is -0.493 e. The van der Waals surface area contributed by atoms with Crippen molar-refractivity contribution in [2.75, 3.05) is 36.9 Å². The van der Waals surface area contributed by atoms with Gasteiger partial charge in [0.05, 0.1) is 25.5 Å². The van der Waals surface area contributed by atoms with E-state index in [1.807, 2.05) is 42.7 Å². The first-order valence-electron chi connectivity index (χ1n) is 9.73. The van der Waals surface area contributed by atoms with Crippen LogP contribution in [0.3, 0.4) is 0 Å². The fraction of sp³-hybridized carbons (Fsp3) is 0.167. The van der Waals surface area contributed by atoms with Gasteiger partial charge in [-0.3, -0.25) is 9.59 Å². The Hall–Kier alpha value is -3.10. The second-order valence-corrected chi connectivity index (χ2v) is 8.49. The molecule has 0 aliphatic heterocycles. The Bertz CT molecular complexity index is 1100. The summed E-state index contributed by atoms with van der Waals surface area (Å²) >= 11 is 2.92. The Morgan fingerprint density at radius 1 is 0.844 bits per heavy atom. The molecular weight excluding hydrogens is 444 g/mol. The van der Waals surface area contributed by atoms with Crippen LogP contribution in [0.15, 0.2) is 76.5 Å². The Labute approximate surface area is 196 Å². The van der Waals surface area contributed by atoms with Gasteiger partial charge in [0, 0.05) is 27.2 Å². The van der Waals surface area contributed by atoms with Crippen molar-refractivity contribution in [2.45, 2.75) is 9.79 Å². The van der Waals surface area contributed by atoms with Crippen LogP contribution in [0, 0.1) is 0 Å². The number of methoxy groups -OCH3 is 2. The minimum atomic E-state index is -0.216. The number of ether oxygens (including phenoxy) is 2. The molecule has 0 radical (unpaired) electrons. The van der Waals surface area contributed by atoms with E-state index >= 15 is 0 Å². The molecule has 0 saturated heterocycles. The van der Waals surface area contributed by atoms with Gasteiger partial charge in [0.15, 0.2) is 11.5 Å². The van der Waals surface area contributed by atoms with Crippen LogP contribution in [0.4, 0.5) is 11.4 Å². The smallest absolute Gasteiger partial charge is 0.256 e. The zero-order chi connectivity index (χ0) is 22.9. The molecule has 0 unspecified atom stereocenters. The molecule has 0 aliphatic carbocycles. The quantitative estimate of drug-likeness (QED) is 0.409. The summed E-state index contributed by atoms with van der Waals surface area (Å²) in [6.45, 7) is 0. The second-order valence-electron chi connectivity index (χ2n) is 6.59. The van der Waals surface area contributed by atoms with Crippen molar-refractivity contribution in [1.82, 2.24) is 0 Å². The lowest BCUT2D eigenvalue weighted by molar-refractivity contribution is -0.113. The fourth-order valence-corrected chi connectivity index (χ4v) is 4.24. The van der Waals surface area contributed by atoms with E-state index in [4.69, 9.17) is 9.47 Å². The van der Waals surface area contributed by atoms with E-state index < -0.39 is 0 Å². The lowest BCUT2D eigenvalue weighted by atomic mass is 10.2. The topological polar surface area (TPSA) is 76.7 Å². The summed E-state index contributed by atoms with van der Waals surface area (Å²) in [6, 6.07) is 20.1. The van der Waals surface area contributed by atoms with Gasteiger partial charge in [-0.15, -0.1) is 23.5 Å². The number of amides is 2. The van der Waals surface area contributed by atoms with Crippen molar-refractivity contribution in [1.29, 1.82) is 0 Å². The highest BCUT2D eigenvalue weighted by Crippen LogP contribution is 2.30. The standard InChI is InChI=1S/C24H24N2O4S2/c1-29-20-12-11-17(14-21(20)30-2)25-23(27)15-32-22-10-5-4-9-19(22)24(28)26-16-7-6-8-18(13-16)31-3/h4-14H,15H2,1-3H3,(H,25,27)(H,26,28). The maximum Gasteiger partial charge on any atom is 0.256 e. The average Bonchev–Trinajstić information content (AvgIpc) is 2.82. The molecular formula is C24H24N2O4S2. The summed E-state index contributed by atoms with van der Waals surface area (Å²) in [7, 11) is 3.10. The van der Waals surface area contributed by atoms with E-state index in [1.165, 1.54) is 11.8 Å². The Balaban J connectivity index is 1.64. The van der Waals surface area contributed by atoms with Gasteiger partial charge in [0.25, 0.3) is 5.91 Å². The highest BCUT2D eigenvalue weighted by Gasteiger charge is 2.14. The molecule has 6 nitrogen and oxygen atoms in total. The van der Waals surface area contributed by atoms with Crippen LogP contribution < -0.4 is 20.1 Å². The first-order valence-corrected chi connectivity index (χ1v) is 11.9. The number of anilines is 2. The van der Waals surface area contributed by atoms with Gasteiger partial charge >= 0.3 is 0 Å². The van der Waals surface area contributed by atoms with Crippen molar-refractivity contribution < 1.29 is 19.1 Å². The predicted octanol–water partition coefficient (Wildman–Crippen LogP) is 5.41. The largest absolute Gasteiger partial charge is 0.493 e. The van der Waals surface area contributed by atoms with E-state index in [0.717, 1.165) is 15.5 Å². The number of hydrogen-bond donors (Lipinski definition) is 2. The molecule has 0 spiro atoms. The highest BCUT2D eigenvalue weighted by molar-refractivity contribution is 8.00. The molecule has 0 heterocycles. The summed E-state index contributed by atoms with van der Waals surface area (Å²) in [5.41, 5.74) is 1.85. The Morgan fingerprint density at radius 2 is 1.59 bits per heavy atom. The lowest BCUT2D eigenvalue weighted by Crippen LogP contribution is -2.16. The van der Waals surface area contributed by atoms with E-state index in [9.17, 15) is 9.59 Å². The van der Waals surface area contributed by atoms with Gasteiger partial charge in [-0.25, -0.2) is 0 Å². The molecule has 32 heavy (non-hydrogen) atoms. The summed E-state index contributed by atoms with van der Waals surface area (Å²) in [6.07, 6.45) is 1.99. The first kappa shape index (κ1) is 23.6. The number of hydrogen-bond acceptors (Lipinski definition) is 6. The summed E-state index contributed by atoms with van der Waals surface area (Å²) in [5.74, 6) is 0.866. The van der Waals surface area contributed by atoms with Crippen molar-refractivity contribution in [2.24, 2.45) is 0 Å². The zero-order valence-corrected chi connectivity index (χ0v) is 19.6. The SMILES string of the molecule is COc1ccc(NC(=O)CSc2ccccc2C(=O)Nc2cccc(SC)c2)cc1OC. The van der Waals surface area contributed by atoms with Gasteiger partial charge in [0.1, 0.15) is 0 Å². The van der Waals surface area contributed by atoms with Crippen LogP contribution in [-0.2, 0) is 4.79 Å². The van der Waals surface area contributed by atoms with Crippen LogP contribution in [0.1, 0.15) is 10.4 Å². The van der Waals surface area contributed by atoms with Crippen LogP contribution >= 0.6 is 23.5 Å². The predicted molar refractivity (Wildman–Crippen MR) is 132 cm³/mol. The molecule has 8 heteroatoms. The highest BCUT2D eigenvalue weighted by atomic mass is 32.2. The molecule has 2 N–H and O–H groups in total. The second kappa shape index (κ2) is 11.5. The number of carbonyl (C=O) groups excluding carboxylic acids is 2. The van der Waals surface area contributed by atoms with Gasteiger partial charge in [-0.2, -0.15) is 0 Å². The van der Waals surface area contributed by atoms with Gasteiger partial charge in [-0.05, 0) is 48.7 Å². The van der Waals surface area contributed by atoms with Crippen LogP contribution in [0.5, 0.6) is 11.5 Å². The maximum absolute atomic E-state index is 12.8. The molecule has 2 amide bonds. The van der Waals surface area contributed by atoms with Crippen LogP contribution in [-0.4, -0.2) is 38.0 Å². The summed E-state index contributed by atoms with van der Waals surface area (Å²) in [5, 5.41) is 5.77. The van der Waals surface area contributed by atoms with Gasteiger partial charge in [0.2, 0.25) is 5.91 Å². The van der Waals surface area contributed by atoms with E-state index in [2.05, 4.69) is 10.6 Å². The monoisotopic (exact) mass is 468 g/mol. The molecule has 3 rings (SSSR count). The van der Waals surface area contributed by atoms with Crippen molar-refractivity contribution in [3.05, 3.63) is 72.3 Å². The third-order valence-electron chi connectivity index (χ3n) is 4.49. The molecule has 0 fully saturated rings. The van der Waals surface area contributed by atoms with Crippen molar-refractivity contribution >= 4 is 46.7 Å². The Morgan fingerprint density at radius 3 is 2.34 bits per heavy atom. The van der Waals surface area contributed by atoms with Crippen molar-refractivity contribution in [3.8, 4) is 11.5 Å².